The van der Waals surface area contributed by atoms with E-state index in [-0.39, 0.29) is 11.6 Å². The molecule has 4 aliphatic rings. The first-order valence-electron chi connectivity index (χ1n) is 13.9. The lowest BCUT2D eigenvalue weighted by atomic mass is 9.57. The summed E-state index contributed by atoms with van der Waals surface area (Å²) < 4.78 is 6.22. The van der Waals surface area contributed by atoms with E-state index in [0.717, 1.165) is 30.7 Å². The topological polar surface area (TPSA) is 26.3 Å². The van der Waals surface area contributed by atoms with Gasteiger partial charge in [0, 0.05) is 0 Å². The van der Waals surface area contributed by atoms with E-state index >= 15 is 0 Å². The number of carbonyl (C=O) groups is 1. The minimum absolute atomic E-state index is 0.0965. The van der Waals surface area contributed by atoms with Gasteiger partial charge in [-0.25, -0.2) is 4.79 Å². The Balaban J connectivity index is 1.27. The van der Waals surface area contributed by atoms with Crippen LogP contribution in [0.15, 0.2) is 24.3 Å². The molecule has 0 N–H and O–H groups in total. The van der Waals surface area contributed by atoms with Crippen molar-refractivity contribution in [2.45, 2.75) is 135 Å². The smallest absolute Gasteiger partial charge is 0.338 e. The summed E-state index contributed by atoms with van der Waals surface area (Å²) in [6, 6.07) is 8.46. The van der Waals surface area contributed by atoms with Gasteiger partial charge >= 0.3 is 5.97 Å². The Bertz CT molecular complexity index is 709. The van der Waals surface area contributed by atoms with E-state index < -0.39 is 0 Å². The molecular formula is C30H46O2. The molecule has 0 saturated heterocycles. The quantitative estimate of drug-likeness (QED) is 0.254. The summed E-state index contributed by atoms with van der Waals surface area (Å²) in [5, 5.41) is 0. The largest absolute Gasteiger partial charge is 0.455 e. The fraction of sp³-hybridized carbons (Fsp3) is 0.767. The molecule has 4 aliphatic carbocycles. The molecule has 0 unspecified atom stereocenters. The van der Waals surface area contributed by atoms with Gasteiger partial charge in [0.15, 0.2) is 0 Å². The molecule has 0 aromatic heterocycles. The molecule has 2 nitrogen and oxygen atoms in total. The van der Waals surface area contributed by atoms with Crippen LogP contribution < -0.4 is 0 Å². The second kappa shape index (κ2) is 10.7. The zero-order valence-electron chi connectivity index (χ0n) is 20.8. The number of unbranched alkanes of at least 4 members (excludes halogenated alkanes) is 4. The van der Waals surface area contributed by atoms with Crippen molar-refractivity contribution < 1.29 is 9.53 Å². The molecule has 178 valence electrons. The summed E-state index contributed by atoms with van der Waals surface area (Å²) >= 11 is 0. The van der Waals surface area contributed by atoms with Crippen LogP contribution in [0.2, 0.25) is 0 Å². The molecule has 1 aromatic rings. The van der Waals surface area contributed by atoms with Crippen molar-refractivity contribution in [3.8, 4) is 0 Å². The van der Waals surface area contributed by atoms with Gasteiger partial charge in [-0.1, -0.05) is 70.9 Å². The Morgan fingerprint density at radius 2 is 1.53 bits per heavy atom. The predicted octanol–water partition coefficient (Wildman–Crippen LogP) is 8.98. The highest BCUT2D eigenvalue weighted by Gasteiger charge is 2.50. The number of hydrogen-bond donors (Lipinski definition) is 0. The van der Waals surface area contributed by atoms with Gasteiger partial charge in [0.1, 0.15) is 5.60 Å². The lowest BCUT2D eigenvalue weighted by molar-refractivity contribution is -0.106. The Hall–Kier alpha value is -1.31. The molecule has 0 heterocycles. The predicted molar refractivity (Wildman–Crippen MR) is 133 cm³/mol. The maximum absolute atomic E-state index is 13.0. The zero-order chi connectivity index (χ0) is 22.4. The molecule has 1 aromatic carbocycles. The highest BCUT2D eigenvalue weighted by Crippen LogP contribution is 2.56. The second-order valence-electron chi connectivity index (χ2n) is 11.5. The van der Waals surface area contributed by atoms with Gasteiger partial charge in [-0.15, -0.1) is 0 Å². The van der Waals surface area contributed by atoms with E-state index in [1.54, 1.807) is 0 Å². The molecule has 0 radical (unpaired) electrons. The van der Waals surface area contributed by atoms with E-state index in [4.69, 9.17) is 4.74 Å². The lowest BCUT2D eigenvalue weighted by Gasteiger charge is -2.53. The third-order valence-electron chi connectivity index (χ3n) is 9.33. The SMILES string of the molecule is CCCCC[C@@H]1CC[C@@H](c2ccc(C(=O)OC34CCC(CCCCC)(CC3)CC4)cc2)C1. The van der Waals surface area contributed by atoms with Crippen molar-refractivity contribution in [2.24, 2.45) is 11.3 Å². The summed E-state index contributed by atoms with van der Waals surface area (Å²) in [6.07, 6.45) is 21.9. The third-order valence-corrected chi connectivity index (χ3v) is 9.33. The maximum Gasteiger partial charge on any atom is 0.338 e. The second-order valence-corrected chi connectivity index (χ2v) is 11.5. The molecule has 2 atom stereocenters. The van der Waals surface area contributed by atoms with Crippen LogP contribution in [0.3, 0.4) is 0 Å². The fourth-order valence-electron chi connectivity index (χ4n) is 6.98. The highest BCUT2D eigenvalue weighted by atomic mass is 16.6. The molecule has 2 heteroatoms. The standard InChI is InChI=1S/C30H46O2/c1-3-5-7-9-24-10-11-27(23-24)25-12-14-26(15-13-25)28(31)32-30-20-17-29(18-21-30,19-22-30)16-8-6-4-2/h12-15,24,27H,3-11,16-23H2,1-2H3/t24-,27-,29?,30?/m1/s1. The van der Waals surface area contributed by atoms with Crippen molar-refractivity contribution >= 4 is 5.97 Å². The lowest BCUT2D eigenvalue weighted by Crippen LogP contribution is -2.48. The summed E-state index contributed by atoms with van der Waals surface area (Å²) in [7, 11) is 0. The summed E-state index contributed by atoms with van der Waals surface area (Å²) in [5.41, 5.74) is 2.54. The normalized spacial score (nSPS) is 31.7. The number of benzene rings is 1. The minimum atomic E-state index is -0.181. The van der Waals surface area contributed by atoms with E-state index in [1.807, 2.05) is 12.1 Å². The van der Waals surface area contributed by atoms with Crippen molar-refractivity contribution in [2.75, 3.05) is 0 Å². The monoisotopic (exact) mass is 438 g/mol. The zero-order valence-corrected chi connectivity index (χ0v) is 20.8. The van der Waals surface area contributed by atoms with Crippen LogP contribution in [0, 0.1) is 11.3 Å². The van der Waals surface area contributed by atoms with Crippen LogP contribution in [0.25, 0.3) is 0 Å². The number of rotatable bonds is 11. The maximum atomic E-state index is 13.0. The van der Waals surface area contributed by atoms with Gasteiger partial charge in [0.25, 0.3) is 0 Å². The van der Waals surface area contributed by atoms with Crippen LogP contribution in [-0.2, 0) is 4.74 Å². The van der Waals surface area contributed by atoms with Crippen LogP contribution in [0.1, 0.15) is 145 Å². The number of carbonyl (C=O) groups excluding carboxylic acids is 1. The molecule has 0 aliphatic heterocycles. The van der Waals surface area contributed by atoms with Crippen molar-refractivity contribution in [3.05, 3.63) is 35.4 Å². The third kappa shape index (κ3) is 5.60. The van der Waals surface area contributed by atoms with Crippen LogP contribution in [-0.4, -0.2) is 11.6 Å². The van der Waals surface area contributed by atoms with Gasteiger partial charge in [-0.05, 0) is 99.2 Å². The van der Waals surface area contributed by atoms with Crippen molar-refractivity contribution in [1.82, 2.24) is 0 Å². The Labute approximate surface area is 196 Å². The fourth-order valence-corrected chi connectivity index (χ4v) is 6.98. The van der Waals surface area contributed by atoms with Crippen LogP contribution in [0.4, 0.5) is 0 Å². The van der Waals surface area contributed by atoms with E-state index in [0.29, 0.717) is 11.3 Å². The first kappa shape index (κ1) is 23.8. The first-order valence-corrected chi connectivity index (χ1v) is 13.9. The van der Waals surface area contributed by atoms with Crippen molar-refractivity contribution in [1.29, 1.82) is 0 Å². The number of hydrogen-bond acceptors (Lipinski definition) is 2. The first-order chi connectivity index (χ1) is 15.6. The summed E-state index contributed by atoms with van der Waals surface area (Å²) in [4.78, 5) is 13.0. The van der Waals surface area contributed by atoms with Gasteiger partial charge in [-0.2, -0.15) is 0 Å². The number of esters is 1. The average molecular weight is 439 g/mol. The molecule has 0 amide bonds. The molecule has 5 rings (SSSR count). The molecule has 32 heavy (non-hydrogen) atoms. The number of fused-ring (bicyclic) bond motifs is 3. The van der Waals surface area contributed by atoms with Gasteiger partial charge < -0.3 is 4.74 Å². The average Bonchev–Trinajstić information content (AvgIpc) is 3.30. The van der Waals surface area contributed by atoms with Crippen LogP contribution >= 0.6 is 0 Å². The van der Waals surface area contributed by atoms with Gasteiger partial charge in [0.2, 0.25) is 0 Å². The van der Waals surface area contributed by atoms with Crippen molar-refractivity contribution in [3.63, 3.8) is 0 Å². The highest BCUT2D eigenvalue weighted by molar-refractivity contribution is 5.89. The molecule has 4 saturated carbocycles. The minimum Gasteiger partial charge on any atom is -0.455 e. The summed E-state index contributed by atoms with van der Waals surface area (Å²) in [5.74, 6) is 1.49. The Morgan fingerprint density at radius 3 is 2.19 bits per heavy atom. The van der Waals surface area contributed by atoms with E-state index in [9.17, 15) is 4.79 Å². The molecule has 0 spiro atoms. The van der Waals surface area contributed by atoms with E-state index in [1.165, 1.54) is 95.5 Å². The Morgan fingerprint density at radius 1 is 0.875 bits per heavy atom. The molecule has 2 bridgehead atoms. The van der Waals surface area contributed by atoms with E-state index in [2.05, 4.69) is 26.0 Å². The van der Waals surface area contributed by atoms with Crippen LogP contribution in [0.5, 0.6) is 0 Å². The number of ether oxygens (including phenoxy) is 1. The Kier molecular flexibility index (Phi) is 8.00. The van der Waals surface area contributed by atoms with Gasteiger partial charge in [0.05, 0.1) is 5.56 Å². The molecular weight excluding hydrogens is 392 g/mol. The summed E-state index contributed by atoms with van der Waals surface area (Å²) in [6.45, 7) is 4.57. The van der Waals surface area contributed by atoms with Gasteiger partial charge in [-0.3, -0.25) is 0 Å². The molecule has 4 fully saturated rings.